The molecule has 0 saturated heterocycles. The van der Waals surface area contributed by atoms with Crippen LogP contribution in [0.1, 0.15) is 38.8 Å². The summed E-state index contributed by atoms with van der Waals surface area (Å²) in [4.78, 5) is 34.1. The molecule has 1 aromatic heterocycles. The second-order valence-electron chi connectivity index (χ2n) is 8.86. The Balaban J connectivity index is 1.70. The van der Waals surface area contributed by atoms with E-state index in [1.807, 2.05) is 42.5 Å². The zero-order valence-electron chi connectivity index (χ0n) is 19.9. The van der Waals surface area contributed by atoms with E-state index >= 15 is 0 Å². The van der Waals surface area contributed by atoms with E-state index in [4.69, 9.17) is 27.9 Å². The fourth-order valence-corrected chi connectivity index (χ4v) is 3.48. The van der Waals surface area contributed by atoms with E-state index in [0.29, 0.717) is 29.6 Å². The first-order valence-corrected chi connectivity index (χ1v) is 11.6. The van der Waals surface area contributed by atoms with Gasteiger partial charge in [0.05, 0.1) is 6.20 Å². The quantitative estimate of drug-likeness (QED) is 0.352. The van der Waals surface area contributed by atoms with E-state index in [9.17, 15) is 9.59 Å². The van der Waals surface area contributed by atoms with Crippen molar-refractivity contribution in [1.82, 2.24) is 14.9 Å². The van der Waals surface area contributed by atoms with Gasteiger partial charge >= 0.3 is 6.09 Å². The molecule has 0 aliphatic carbocycles. The smallest absolute Gasteiger partial charge is 0.412 e. The fraction of sp³-hybridized carbons (Fsp3) is 0.280. The Morgan fingerprint density at radius 3 is 2.20 bits per heavy atom. The highest BCUT2D eigenvalue weighted by Gasteiger charge is 2.17. The van der Waals surface area contributed by atoms with Gasteiger partial charge in [-0.2, -0.15) is 4.98 Å². The molecule has 3 aromatic rings. The number of nitrogens with one attached hydrogen (secondary N) is 2. The van der Waals surface area contributed by atoms with Crippen LogP contribution in [0, 0.1) is 0 Å². The van der Waals surface area contributed by atoms with Crippen LogP contribution in [0.4, 0.5) is 22.0 Å². The van der Waals surface area contributed by atoms with Crippen molar-refractivity contribution in [2.75, 3.05) is 10.6 Å². The summed E-state index contributed by atoms with van der Waals surface area (Å²) in [6.07, 6.45) is 0.888. The van der Waals surface area contributed by atoms with Gasteiger partial charge in [0.1, 0.15) is 10.6 Å². The minimum atomic E-state index is -0.596. The molecule has 0 atom stereocenters. The van der Waals surface area contributed by atoms with E-state index in [0.717, 1.165) is 16.8 Å². The molecule has 2 N–H and O–H groups in total. The van der Waals surface area contributed by atoms with E-state index in [1.54, 1.807) is 31.7 Å². The summed E-state index contributed by atoms with van der Waals surface area (Å²) < 4.78 is 5.30. The molecule has 0 spiro atoms. The van der Waals surface area contributed by atoms with Crippen LogP contribution in [-0.2, 0) is 22.6 Å². The molecule has 1 heterocycles. The number of hydrogen-bond acceptors (Lipinski definition) is 6. The molecular weight excluding hydrogens is 489 g/mol. The summed E-state index contributed by atoms with van der Waals surface area (Å²) in [5, 5.41) is 6.27. The average molecular weight is 516 g/mol. The standard InChI is InChI=1S/C25H27Cl2N5O3/c1-16(33)32(15-18-8-6-10-20(12-18)30-24(34)35-25(2,3)4)14-17-7-5-9-19(11-17)29-22-21(26)13-28-23(27)31-22/h5-13H,14-15H2,1-4H3,(H,30,34)(H,28,29,31). The highest BCUT2D eigenvalue weighted by atomic mass is 35.5. The minimum absolute atomic E-state index is 0.0826. The third-order valence-electron chi connectivity index (χ3n) is 4.67. The van der Waals surface area contributed by atoms with Crippen molar-refractivity contribution in [3.05, 3.63) is 76.2 Å². The molecule has 0 fully saturated rings. The lowest BCUT2D eigenvalue weighted by atomic mass is 10.1. The highest BCUT2D eigenvalue weighted by Crippen LogP contribution is 2.25. The molecule has 2 amide bonds. The fourth-order valence-electron chi connectivity index (χ4n) is 3.21. The first-order chi connectivity index (χ1) is 16.5. The van der Waals surface area contributed by atoms with Crippen LogP contribution in [0.2, 0.25) is 10.3 Å². The van der Waals surface area contributed by atoms with E-state index in [1.165, 1.54) is 13.1 Å². The molecule has 3 rings (SSSR count). The Morgan fingerprint density at radius 1 is 1.00 bits per heavy atom. The second kappa shape index (κ2) is 11.4. The van der Waals surface area contributed by atoms with Gasteiger partial charge in [-0.1, -0.05) is 35.9 Å². The van der Waals surface area contributed by atoms with Crippen molar-refractivity contribution in [3.8, 4) is 0 Å². The number of aromatic nitrogens is 2. The number of nitrogens with zero attached hydrogens (tertiary/aromatic N) is 3. The molecule has 8 nitrogen and oxygen atoms in total. The van der Waals surface area contributed by atoms with Crippen molar-refractivity contribution >= 4 is 52.4 Å². The molecule has 10 heteroatoms. The lowest BCUT2D eigenvalue weighted by Gasteiger charge is -2.22. The topological polar surface area (TPSA) is 96.5 Å². The Morgan fingerprint density at radius 2 is 1.60 bits per heavy atom. The summed E-state index contributed by atoms with van der Waals surface area (Å²) in [5.41, 5.74) is 2.51. The summed E-state index contributed by atoms with van der Waals surface area (Å²) in [6, 6.07) is 14.9. The predicted octanol–water partition coefficient (Wildman–Crippen LogP) is 6.42. The van der Waals surface area contributed by atoms with Crippen LogP contribution in [0.25, 0.3) is 0 Å². The van der Waals surface area contributed by atoms with Gasteiger partial charge < -0.3 is 15.0 Å². The third kappa shape index (κ3) is 8.42. The van der Waals surface area contributed by atoms with Gasteiger partial charge in [-0.25, -0.2) is 9.78 Å². The monoisotopic (exact) mass is 515 g/mol. The van der Waals surface area contributed by atoms with Gasteiger partial charge in [-0.05, 0) is 67.8 Å². The van der Waals surface area contributed by atoms with Crippen LogP contribution in [-0.4, -0.2) is 32.5 Å². The molecule has 0 radical (unpaired) electrons. The zero-order valence-corrected chi connectivity index (χ0v) is 21.4. The molecule has 0 bridgehead atoms. The van der Waals surface area contributed by atoms with Crippen LogP contribution in [0.5, 0.6) is 0 Å². The minimum Gasteiger partial charge on any atom is -0.444 e. The zero-order chi connectivity index (χ0) is 25.6. The maximum Gasteiger partial charge on any atom is 0.412 e. The summed E-state index contributed by atoms with van der Waals surface area (Å²) in [7, 11) is 0. The number of anilines is 3. The van der Waals surface area contributed by atoms with Crippen molar-refractivity contribution in [2.45, 2.75) is 46.4 Å². The molecule has 0 aliphatic rings. The van der Waals surface area contributed by atoms with E-state index < -0.39 is 11.7 Å². The van der Waals surface area contributed by atoms with Crippen LogP contribution in [0.15, 0.2) is 54.7 Å². The van der Waals surface area contributed by atoms with Crippen molar-refractivity contribution in [2.24, 2.45) is 0 Å². The molecule has 35 heavy (non-hydrogen) atoms. The van der Waals surface area contributed by atoms with Crippen molar-refractivity contribution in [1.29, 1.82) is 0 Å². The largest absolute Gasteiger partial charge is 0.444 e. The number of carbonyl (C=O) groups is 2. The number of halogens is 2. The van der Waals surface area contributed by atoms with Gasteiger partial charge in [0.2, 0.25) is 11.2 Å². The number of amides is 2. The normalized spacial score (nSPS) is 11.0. The summed E-state index contributed by atoms with van der Waals surface area (Å²) >= 11 is 12.0. The first-order valence-electron chi connectivity index (χ1n) is 10.9. The van der Waals surface area contributed by atoms with Crippen molar-refractivity contribution in [3.63, 3.8) is 0 Å². The molecular formula is C25H27Cl2N5O3. The maximum absolute atomic E-state index is 12.4. The predicted molar refractivity (Wildman–Crippen MR) is 138 cm³/mol. The SMILES string of the molecule is CC(=O)N(Cc1cccc(NC(=O)OC(C)(C)C)c1)Cc1cccc(Nc2nc(Cl)ncc2Cl)c1. The Hall–Kier alpha value is -3.36. The molecule has 0 saturated carbocycles. The number of hydrogen-bond donors (Lipinski definition) is 2. The first kappa shape index (κ1) is 26.2. The number of ether oxygens (including phenoxy) is 1. The summed E-state index contributed by atoms with van der Waals surface area (Å²) in [6.45, 7) is 7.67. The van der Waals surface area contributed by atoms with Crippen molar-refractivity contribution < 1.29 is 14.3 Å². The van der Waals surface area contributed by atoms with Crippen LogP contribution >= 0.6 is 23.2 Å². The lowest BCUT2D eigenvalue weighted by molar-refractivity contribution is -0.130. The summed E-state index contributed by atoms with van der Waals surface area (Å²) in [5.74, 6) is 0.307. The van der Waals surface area contributed by atoms with E-state index in [-0.39, 0.29) is 11.2 Å². The van der Waals surface area contributed by atoms with Gasteiger partial charge in [0.25, 0.3) is 0 Å². The van der Waals surface area contributed by atoms with Gasteiger partial charge in [0.15, 0.2) is 5.82 Å². The van der Waals surface area contributed by atoms with Gasteiger partial charge in [-0.15, -0.1) is 0 Å². The number of benzene rings is 2. The molecule has 2 aromatic carbocycles. The van der Waals surface area contributed by atoms with Crippen LogP contribution in [0.3, 0.4) is 0 Å². The Labute approximate surface area is 214 Å². The Kier molecular flexibility index (Phi) is 8.53. The molecule has 0 aliphatic heterocycles. The average Bonchev–Trinajstić information content (AvgIpc) is 2.75. The second-order valence-corrected chi connectivity index (χ2v) is 9.61. The number of carbonyl (C=O) groups excluding carboxylic acids is 2. The van der Waals surface area contributed by atoms with E-state index in [2.05, 4.69) is 20.6 Å². The highest BCUT2D eigenvalue weighted by molar-refractivity contribution is 6.33. The van der Waals surface area contributed by atoms with Crippen LogP contribution < -0.4 is 10.6 Å². The Bertz CT molecular complexity index is 1210. The van der Waals surface area contributed by atoms with Gasteiger partial charge in [0, 0.05) is 31.4 Å². The molecule has 0 unspecified atom stereocenters. The maximum atomic E-state index is 12.4. The van der Waals surface area contributed by atoms with Gasteiger partial charge in [-0.3, -0.25) is 10.1 Å². The molecule has 184 valence electrons. The third-order valence-corrected chi connectivity index (χ3v) is 5.13. The number of rotatable bonds is 7. The lowest BCUT2D eigenvalue weighted by Crippen LogP contribution is -2.28.